The van der Waals surface area contributed by atoms with Crippen LogP contribution in [0.3, 0.4) is 0 Å². The van der Waals surface area contributed by atoms with Crippen molar-refractivity contribution in [3.8, 4) is 0 Å². The van der Waals surface area contributed by atoms with E-state index < -0.39 is 12.6 Å². The number of aliphatic carboxylic acids is 1. The molecule has 98 valence electrons. The summed E-state index contributed by atoms with van der Waals surface area (Å²) in [7, 11) is 0. The number of hydrogen-bond donors (Lipinski definition) is 2. The average Bonchev–Trinajstić information content (AvgIpc) is 2.29. The van der Waals surface area contributed by atoms with E-state index in [1.807, 2.05) is 0 Å². The predicted octanol–water partition coefficient (Wildman–Crippen LogP) is 2.42. The second-order valence-electron chi connectivity index (χ2n) is 3.37. The van der Waals surface area contributed by atoms with Crippen LogP contribution >= 0.6 is 23.2 Å². The topological polar surface area (TPSA) is 75.6 Å². The normalized spacial score (nSPS) is 10.1. The fraction of sp³-hybridized carbons (Fsp3) is 0.273. The maximum Gasteiger partial charge on any atom is 0.329 e. The molecule has 1 amide bonds. The van der Waals surface area contributed by atoms with E-state index in [-0.39, 0.29) is 18.9 Å². The lowest BCUT2D eigenvalue weighted by Gasteiger charge is -2.07. The van der Waals surface area contributed by atoms with E-state index in [1.54, 1.807) is 12.1 Å². The van der Waals surface area contributed by atoms with Gasteiger partial charge in [0.2, 0.25) is 5.91 Å². The number of carboxylic acid groups (broad SMARTS) is 1. The number of carbonyl (C=O) groups excluding carboxylic acids is 1. The van der Waals surface area contributed by atoms with E-state index in [4.69, 9.17) is 33.0 Å². The third-order valence-electron chi connectivity index (χ3n) is 1.90. The Bertz CT molecular complexity index is 451. The number of amides is 1. The lowest BCUT2D eigenvalue weighted by molar-refractivity contribution is -0.142. The monoisotopic (exact) mass is 291 g/mol. The number of rotatable bonds is 6. The smallest absolute Gasteiger partial charge is 0.329 e. The van der Waals surface area contributed by atoms with Crippen molar-refractivity contribution >= 4 is 40.8 Å². The number of ether oxygens (including phenoxy) is 1. The van der Waals surface area contributed by atoms with Crippen LogP contribution in [0.1, 0.15) is 6.42 Å². The Kier molecular flexibility index (Phi) is 5.91. The van der Waals surface area contributed by atoms with Crippen molar-refractivity contribution in [3.63, 3.8) is 0 Å². The summed E-state index contributed by atoms with van der Waals surface area (Å²) in [6.45, 7) is -0.401. The molecule has 1 rings (SSSR count). The minimum atomic E-state index is -1.08. The first-order chi connectivity index (χ1) is 8.49. The molecule has 0 heterocycles. The first kappa shape index (κ1) is 14.8. The highest BCUT2D eigenvalue weighted by atomic mass is 35.5. The van der Waals surface area contributed by atoms with Crippen LogP contribution in [0.5, 0.6) is 0 Å². The molecule has 0 aliphatic heterocycles. The van der Waals surface area contributed by atoms with Gasteiger partial charge in [-0.1, -0.05) is 23.2 Å². The number of carbonyl (C=O) groups is 2. The summed E-state index contributed by atoms with van der Waals surface area (Å²) in [5, 5.41) is 11.7. The minimum absolute atomic E-state index is 0.0241. The van der Waals surface area contributed by atoms with Crippen LogP contribution in [0.15, 0.2) is 18.2 Å². The highest BCUT2D eigenvalue weighted by Crippen LogP contribution is 2.25. The standard InChI is InChI=1S/C11H11Cl2NO4/c12-7-1-2-8(13)9(5-7)14-10(15)3-4-18-6-11(16)17/h1-2,5H,3-4,6H2,(H,14,15)(H,16,17). The highest BCUT2D eigenvalue weighted by Gasteiger charge is 2.07. The van der Waals surface area contributed by atoms with Crippen molar-refractivity contribution < 1.29 is 19.4 Å². The molecule has 18 heavy (non-hydrogen) atoms. The number of nitrogens with one attached hydrogen (secondary N) is 1. The van der Waals surface area contributed by atoms with E-state index >= 15 is 0 Å². The van der Waals surface area contributed by atoms with Crippen LogP contribution < -0.4 is 5.32 Å². The SMILES string of the molecule is O=C(O)COCCC(=O)Nc1cc(Cl)ccc1Cl. The van der Waals surface area contributed by atoms with Crippen LogP contribution in [0.25, 0.3) is 0 Å². The molecule has 1 aromatic carbocycles. The second-order valence-corrected chi connectivity index (χ2v) is 4.21. The summed E-state index contributed by atoms with van der Waals surface area (Å²) in [6.07, 6.45) is 0.0378. The summed E-state index contributed by atoms with van der Waals surface area (Å²) < 4.78 is 4.74. The van der Waals surface area contributed by atoms with Gasteiger partial charge in [-0.3, -0.25) is 4.79 Å². The van der Waals surface area contributed by atoms with Gasteiger partial charge in [-0.25, -0.2) is 4.79 Å². The Morgan fingerprint density at radius 2 is 2.06 bits per heavy atom. The molecule has 0 aromatic heterocycles. The molecule has 0 saturated heterocycles. The third-order valence-corrected chi connectivity index (χ3v) is 2.47. The summed E-state index contributed by atoms with van der Waals surface area (Å²) in [5.74, 6) is -1.40. The van der Waals surface area contributed by atoms with Crippen molar-refractivity contribution in [2.75, 3.05) is 18.5 Å². The molecule has 0 atom stereocenters. The molecular formula is C11H11Cl2NO4. The Hall–Kier alpha value is -1.30. The van der Waals surface area contributed by atoms with Gasteiger partial charge in [0.25, 0.3) is 0 Å². The van der Waals surface area contributed by atoms with Gasteiger partial charge in [0.1, 0.15) is 6.61 Å². The van der Waals surface area contributed by atoms with Crippen molar-refractivity contribution in [3.05, 3.63) is 28.2 Å². The van der Waals surface area contributed by atoms with E-state index in [2.05, 4.69) is 5.32 Å². The molecule has 0 aliphatic rings. The minimum Gasteiger partial charge on any atom is -0.480 e. The Labute approximate surface area is 114 Å². The fourth-order valence-electron chi connectivity index (χ4n) is 1.13. The molecule has 0 bridgehead atoms. The summed E-state index contributed by atoms with van der Waals surface area (Å²) in [5.41, 5.74) is 0.410. The number of halogens is 2. The largest absolute Gasteiger partial charge is 0.480 e. The molecule has 1 aromatic rings. The number of carboxylic acids is 1. The van der Waals surface area contributed by atoms with Gasteiger partial charge < -0.3 is 15.2 Å². The Morgan fingerprint density at radius 3 is 2.72 bits per heavy atom. The zero-order valence-electron chi connectivity index (χ0n) is 9.28. The number of hydrogen-bond acceptors (Lipinski definition) is 3. The van der Waals surface area contributed by atoms with Crippen molar-refractivity contribution in [2.45, 2.75) is 6.42 Å². The fourth-order valence-corrected chi connectivity index (χ4v) is 1.47. The molecule has 0 radical (unpaired) electrons. The zero-order valence-corrected chi connectivity index (χ0v) is 10.8. The quantitative estimate of drug-likeness (QED) is 0.789. The second kappa shape index (κ2) is 7.20. The lowest BCUT2D eigenvalue weighted by Crippen LogP contribution is -2.16. The van der Waals surface area contributed by atoms with Crippen molar-refractivity contribution in [1.82, 2.24) is 0 Å². The van der Waals surface area contributed by atoms with Gasteiger partial charge >= 0.3 is 5.97 Å². The Morgan fingerprint density at radius 1 is 1.33 bits per heavy atom. The molecular weight excluding hydrogens is 281 g/mol. The first-order valence-electron chi connectivity index (χ1n) is 5.03. The predicted molar refractivity (Wildman–Crippen MR) is 68.2 cm³/mol. The maximum absolute atomic E-state index is 11.5. The van der Waals surface area contributed by atoms with Gasteiger partial charge in [-0.2, -0.15) is 0 Å². The third kappa shape index (κ3) is 5.35. The van der Waals surface area contributed by atoms with E-state index in [1.165, 1.54) is 6.07 Å². The zero-order chi connectivity index (χ0) is 13.5. The molecule has 2 N–H and O–H groups in total. The van der Waals surface area contributed by atoms with E-state index in [0.717, 1.165) is 0 Å². The summed E-state index contributed by atoms with van der Waals surface area (Å²) in [4.78, 5) is 21.6. The molecule has 7 heteroatoms. The van der Waals surface area contributed by atoms with Crippen LogP contribution in [-0.4, -0.2) is 30.2 Å². The highest BCUT2D eigenvalue weighted by molar-refractivity contribution is 6.35. The van der Waals surface area contributed by atoms with E-state index in [9.17, 15) is 9.59 Å². The first-order valence-corrected chi connectivity index (χ1v) is 5.79. The van der Waals surface area contributed by atoms with Crippen molar-refractivity contribution in [1.29, 1.82) is 0 Å². The molecule has 0 spiro atoms. The van der Waals surface area contributed by atoms with Crippen molar-refractivity contribution in [2.24, 2.45) is 0 Å². The van der Waals surface area contributed by atoms with Gasteiger partial charge in [-0.15, -0.1) is 0 Å². The summed E-state index contributed by atoms with van der Waals surface area (Å²) in [6, 6.07) is 4.70. The molecule has 0 unspecified atom stereocenters. The Balaban J connectivity index is 2.40. The van der Waals surface area contributed by atoms with Gasteiger partial charge in [0.05, 0.1) is 23.7 Å². The van der Waals surface area contributed by atoms with Crippen LogP contribution in [0, 0.1) is 0 Å². The average molecular weight is 292 g/mol. The summed E-state index contributed by atoms with van der Waals surface area (Å²) >= 11 is 11.6. The lowest BCUT2D eigenvalue weighted by atomic mass is 10.3. The van der Waals surface area contributed by atoms with Crippen LogP contribution in [0.2, 0.25) is 10.0 Å². The van der Waals surface area contributed by atoms with Crippen LogP contribution in [0.4, 0.5) is 5.69 Å². The number of benzene rings is 1. The molecule has 5 nitrogen and oxygen atoms in total. The molecule has 0 fully saturated rings. The van der Waals surface area contributed by atoms with Crippen LogP contribution in [-0.2, 0) is 14.3 Å². The molecule has 0 saturated carbocycles. The van der Waals surface area contributed by atoms with E-state index in [0.29, 0.717) is 15.7 Å². The van der Waals surface area contributed by atoms with Gasteiger partial charge in [-0.05, 0) is 18.2 Å². The van der Waals surface area contributed by atoms with Gasteiger partial charge in [0, 0.05) is 5.02 Å². The maximum atomic E-state index is 11.5. The number of anilines is 1. The van der Waals surface area contributed by atoms with Gasteiger partial charge in [0.15, 0.2) is 0 Å². The molecule has 0 aliphatic carbocycles.